The van der Waals surface area contributed by atoms with Crippen LogP contribution in [0, 0.1) is 41.4 Å². The molecule has 7 unspecified atom stereocenters. The van der Waals surface area contributed by atoms with E-state index in [1.54, 1.807) is 57.8 Å². The van der Waals surface area contributed by atoms with Crippen molar-refractivity contribution in [1.82, 2.24) is 0 Å². The molecule has 3 rings (SSSR count). The van der Waals surface area contributed by atoms with Crippen molar-refractivity contribution < 1.29 is 0 Å². The van der Waals surface area contributed by atoms with Gasteiger partial charge in [-0.25, -0.2) is 0 Å². The highest BCUT2D eigenvalue weighted by Gasteiger charge is 2.36. The maximum Gasteiger partial charge on any atom is -0.0380 e. The van der Waals surface area contributed by atoms with Gasteiger partial charge < -0.3 is 0 Å². The highest BCUT2D eigenvalue weighted by molar-refractivity contribution is 4.87. The Balaban J connectivity index is 1.65. The predicted octanol–water partition coefficient (Wildman–Crippen LogP) is 10.2. The van der Waals surface area contributed by atoms with Crippen LogP contribution in [-0.4, -0.2) is 0 Å². The monoisotopic (exact) mass is 416 g/mol. The average Bonchev–Trinajstić information content (AvgIpc) is 2.79. The van der Waals surface area contributed by atoms with Gasteiger partial charge in [-0.15, -0.1) is 0 Å². The van der Waals surface area contributed by atoms with Gasteiger partial charge in [0.25, 0.3) is 0 Å². The van der Waals surface area contributed by atoms with E-state index in [-0.39, 0.29) is 0 Å². The highest BCUT2D eigenvalue weighted by atomic mass is 14.4. The zero-order chi connectivity index (χ0) is 21.2. The third kappa shape index (κ3) is 7.55. The smallest absolute Gasteiger partial charge is 0.0380 e. The third-order valence-electron chi connectivity index (χ3n) is 9.95. The van der Waals surface area contributed by atoms with E-state index in [0.717, 1.165) is 41.4 Å². The largest absolute Gasteiger partial charge is 0.0654 e. The van der Waals surface area contributed by atoms with Gasteiger partial charge in [0, 0.05) is 0 Å². The first-order chi connectivity index (χ1) is 14.7. The van der Waals surface area contributed by atoms with Gasteiger partial charge in [0.2, 0.25) is 0 Å². The summed E-state index contributed by atoms with van der Waals surface area (Å²) < 4.78 is 0. The molecule has 3 fully saturated rings. The zero-order valence-electron chi connectivity index (χ0n) is 21.2. The van der Waals surface area contributed by atoms with E-state index in [2.05, 4.69) is 20.8 Å². The minimum absolute atomic E-state index is 0.995. The number of hydrogen-bond donors (Lipinski definition) is 0. The Hall–Kier alpha value is 0. The van der Waals surface area contributed by atoms with Crippen molar-refractivity contribution in [3.05, 3.63) is 0 Å². The number of fused-ring (bicyclic) bond motifs is 1. The third-order valence-corrected chi connectivity index (χ3v) is 9.95. The van der Waals surface area contributed by atoms with E-state index in [0.29, 0.717) is 0 Å². The standard InChI is InChI=1S/C30H56/c1-4-6-10-14-25-18-20-26-15-11-8-7-9-12-16-28(23-30(26)21-25)29-19-17-24(3)27(22-29)13-5-2/h24-30H,4-23H2,1-3H3. The van der Waals surface area contributed by atoms with E-state index in [9.17, 15) is 0 Å². The predicted molar refractivity (Wildman–Crippen MR) is 134 cm³/mol. The van der Waals surface area contributed by atoms with Crippen molar-refractivity contribution in [3.63, 3.8) is 0 Å². The fraction of sp³-hybridized carbons (Fsp3) is 1.00. The number of unbranched alkanes of at least 4 members (excludes halogenated alkanes) is 2. The molecule has 0 aromatic carbocycles. The Kier molecular flexibility index (Phi) is 11.1. The molecule has 0 aromatic heterocycles. The lowest BCUT2D eigenvalue weighted by molar-refractivity contribution is 0.0816. The normalized spacial score (nSPS) is 39.1. The van der Waals surface area contributed by atoms with Crippen LogP contribution < -0.4 is 0 Å². The SMILES string of the molecule is CCCCCC1CCC2CCCCCCCC(C3CCC(C)C(CCC)C3)CC2C1. The van der Waals surface area contributed by atoms with Crippen molar-refractivity contribution in [2.24, 2.45) is 41.4 Å². The van der Waals surface area contributed by atoms with Crippen LogP contribution >= 0.6 is 0 Å². The van der Waals surface area contributed by atoms with Crippen molar-refractivity contribution in [2.45, 2.75) is 149 Å². The molecule has 7 atom stereocenters. The molecule has 0 heterocycles. The zero-order valence-corrected chi connectivity index (χ0v) is 21.2. The number of hydrogen-bond acceptors (Lipinski definition) is 0. The lowest BCUT2D eigenvalue weighted by Gasteiger charge is -2.43. The van der Waals surface area contributed by atoms with E-state index >= 15 is 0 Å². The number of rotatable bonds is 7. The van der Waals surface area contributed by atoms with Gasteiger partial charge in [0.1, 0.15) is 0 Å². The van der Waals surface area contributed by atoms with Crippen LogP contribution in [0.3, 0.4) is 0 Å². The lowest BCUT2D eigenvalue weighted by atomic mass is 9.63. The quantitative estimate of drug-likeness (QED) is 0.362. The molecule has 0 aliphatic heterocycles. The molecule has 0 aromatic rings. The van der Waals surface area contributed by atoms with Crippen molar-refractivity contribution >= 4 is 0 Å². The van der Waals surface area contributed by atoms with Gasteiger partial charge in [-0.2, -0.15) is 0 Å². The first-order valence-corrected chi connectivity index (χ1v) is 14.7. The summed E-state index contributed by atoms with van der Waals surface area (Å²) in [6.07, 6.45) is 30.6. The molecule has 0 saturated heterocycles. The second kappa shape index (κ2) is 13.5. The fourth-order valence-corrected chi connectivity index (χ4v) is 7.97. The molecular formula is C30H56. The molecule has 30 heavy (non-hydrogen) atoms. The Labute approximate surface area is 190 Å². The maximum atomic E-state index is 2.56. The Morgan fingerprint density at radius 3 is 2.00 bits per heavy atom. The van der Waals surface area contributed by atoms with Gasteiger partial charge in [0.15, 0.2) is 0 Å². The molecule has 0 N–H and O–H groups in total. The van der Waals surface area contributed by atoms with E-state index in [4.69, 9.17) is 0 Å². The topological polar surface area (TPSA) is 0 Å². The van der Waals surface area contributed by atoms with E-state index in [1.807, 2.05) is 0 Å². The molecular weight excluding hydrogens is 360 g/mol. The van der Waals surface area contributed by atoms with Gasteiger partial charge in [0.05, 0.1) is 0 Å². The van der Waals surface area contributed by atoms with Crippen molar-refractivity contribution in [3.8, 4) is 0 Å². The summed E-state index contributed by atoms with van der Waals surface area (Å²) >= 11 is 0. The summed E-state index contributed by atoms with van der Waals surface area (Å²) in [6.45, 7) is 7.34. The summed E-state index contributed by atoms with van der Waals surface area (Å²) in [6, 6.07) is 0. The van der Waals surface area contributed by atoms with Gasteiger partial charge in [-0.05, 0) is 73.5 Å². The highest BCUT2D eigenvalue weighted by Crippen LogP contribution is 2.47. The van der Waals surface area contributed by atoms with Gasteiger partial charge in [-0.1, -0.05) is 117 Å². The minimum Gasteiger partial charge on any atom is -0.0654 e. The molecule has 0 nitrogen and oxygen atoms in total. The van der Waals surface area contributed by atoms with Crippen LogP contribution in [0.5, 0.6) is 0 Å². The summed E-state index contributed by atoms with van der Waals surface area (Å²) in [5.74, 6) is 7.41. The second-order valence-corrected chi connectivity index (χ2v) is 12.1. The van der Waals surface area contributed by atoms with Crippen LogP contribution in [0.1, 0.15) is 149 Å². The summed E-state index contributed by atoms with van der Waals surface area (Å²) in [5.41, 5.74) is 0. The maximum absolute atomic E-state index is 2.56. The fourth-order valence-electron chi connectivity index (χ4n) is 7.97. The summed E-state index contributed by atoms with van der Waals surface area (Å²) in [5, 5.41) is 0. The molecule has 0 heteroatoms. The molecule has 0 amide bonds. The molecule has 3 aliphatic rings. The van der Waals surface area contributed by atoms with Crippen LogP contribution in [0.2, 0.25) is 0 Å². The van der Waals surface area contributed by atoms with E-state index < -0.39 is 0 Å². The van der Waals surface area contributed by atoms with Crippen LogP contribution in [0.25, 0.3) is 0 Å². The summed E-state index contributed by atoms with van der Waals surface area (Å²) in [4.78, 5) is 0. The van der Waals surface area contributed by atoms with Crippen LogP contribution in [-0.2, 0) is 0 Å². The Morgan fingerprint density at radius 2 is 1.23 bits per heavy atom. The van der Waals surface area contributed by atoms with Crippen LogP contribution in [0.4, 0.5) is 0 Å². The molecule has 0 radical (unpaired) electrons. The molecule has 3 saturated carbocycles. The Bertz CT molecular complexity index is 439. The van der Waals surface area contributed by atoms with E-state index in [1.165, 1.54) is 70.6 Å². The van der Waals surface area contributed by atoms with Gasteiger partial charge >= 0.3 is 0 Å². The second-order valence-electron chi connectivity index (χ2n) is 12.1. The molecule has 3 aliphatic carbocycles. The first-order valence-electron chi connectivity index (χ1n) is 14.7. The molecule has 0 bridgehead atoms. The van der Waals surface area contributed by atoms with Crippen molar-refractivity contribution in [2.75, 3.05) is 0 Å². The van der Waals surface area contributed by atoms with Crippen molar-refractivity contribution in [1.29, 1.82) is 0 Å². The lowest BCUT2D eigenvalue weighted by Crippen LogP contribution is -2.32. The first kappa shape index (κ1) is 24.6. The molecule has 176 valence electrons. The van der Waals surface area contributed by atoms with Crippen LogP contribution in [0.15, 0.2) is 0 Å². The summed E-state index contributed by atoms with van der Waals surface area (Å²) in [7, 11) is 0. The Morgan fingerprint density at radius 1 is 0.533 bits per heavy atom. The average molecular weight is 417 g/mol. The minimum atomic E-state index is 0.995. The van der Waals surface area contributed by atoms with Gasteiger partial charge in [-0.3, -0.25) is 0 Å². The molecule has 0 spiro atoms.